The number of thiol groups is 1. The van der Waals surface area contributed by atoms with Crippen molar-refractivity contribution in [2.24, 2.45) is 5.41 Å². The molecular formula is C12H22O2S. The van der Waals surface area contributed by atoms with Crippen LogP contribution in [0.4, 0.5) is 0 Å². The van der Waals surface area contributed by atoms with Crippen molar-refractivity contribution in [2.45, 2.75) is 44.6 Å². The topological polar surface area (TPSA) is 18.5 Å². The summed E-state index contributed by atoms with van der Waals surface area (Å²) in [5.41, 5.74) is 0.365. The van der Waals surface area contributed by atoms with Gasteiger partial charge in [0.05, 0.1) is 19.3 Å². The van der Waals surface area contributed by atoms with Crippen LogP contribution >= 0.6 is 12.6 Å². The molecule has 1 heterocycles. The van der Waals surface area contributed by atoms with E-state index < -0.39 is 0 Å². The Bertz CT molecular complexity index is 184. The van der Waals surface area contributed by atoms with Gasteiger partial charge in [-0.2, -0.15) is 12.6 Å². The summed E-state index contributed by atoms with van der Waals surface area (Å²) in [7, 11) is 0. The van der Waals surface area contributed by atoms with E-state index in [9.17, 15) is 0 Å². The van der Waals surface area contributed by atoms with Crippen molar-refractivity contribution in [2.75, 3.05) is 25.6 Å². The summed E-state index contributed by atoms with van der Waals surface area (Å²) < 4.78 is 11.3. The summed E-state index contributed by atoms with van der Waals surface area (Å²) in [6, 6.07) is 0. The zero-order chi connectivity index (χ0) is 10.6. The molecule has 0 aromatic rings. The Kier molecular flexibility index (Phi) is 4.35. The lowest BCUT2D eigenvalue weighted by molar-refractivity contribution is -0.0179. The molecular weight excluding hydrogens is 208 g/mol. The average Bonchev–Trinajstić information content (AvgIpc) is 2.81. The Morgan fingerprint density at radius 1 is 1.27 bits per heavy atom. The Morgan fingerprint density at radius 3 is 2.67 bits per heavy atom. The van der Waals surface area contributed by atoms with Gasteiger partial charge in [-0.05, 0) is 25.0 Å². The molecule has 1 unspecified atom stereocenters. The average molecular weight is 230 g/mol. The van der Waals surface area contributed by atoms with E-state index in [0.717, 1.165) is 32.0 Å². The van der Waals surface area contributed by atoms with Crippen molar-refractivity contribution in [1.29, 1.82) is 0 Å². The van der Waals surface area contributed by atoms with Crippen molar-refractivity contribution < 1.29 is 9.47 Å². The quantitative estimate of drug-likeness (QED) is 0.749. The molecule has 0 bridgehead atoms. The fraction of sp³-hybridized carbons (Fsp3) is 1.00. The van der Waals surface area contributed by atoms with E-state index in [1.807, 2.05) is 0 Å². The number of rotatable bonds is 4. The molecule has 1 aliphatic carbocycles. The molecule has 0 spiro atoms. The standard InChI is InChI=1S/C12H22O2S/c15-10-12(5-2-1-3-6-12)9-14-11-4-7-13-8-11/h11,15H,1-10H2. The van der Waals surface area contributed by atoms with Crippen LogP contribution in [0.3, 0.4) is 0 Å². The molecule has 1 saturated heterocycles. The summed E-state index contributed by atoms with van der Waals surface area (Å²) in [4.78, 5) is 0. The van der Waals surface area contributed by atoms with Crippen LogP contribution in [0.1, 0.15) is 38.5 Å². The van der Waals surface area contributed by atoms with Crippen LogP contribution in [0.15, 0.2) is 0 Å². The van der Waals surface area contributed by atoms with Crippen LogP contribution in [0.2, 0.25) is 0 Å². The molecule has 2 aliphatic rings. The number of hydrogen-bond acceptors (Lipinski definition) is 3. The van der Waals surface area contributed by atoms with Gasteiger partial charge in [-0.25, -0.2) is 0 Å². The lowest BCUT2D eigenvalue weighted by Crippen LogP contribution is -2.33. The van der Waals surface area contributed by atoms with Gasteiger partial charge >= 0.3 is 0 Å². The molecule has 1 aliphatic heterocycles. The Morgan fingerprint density at radius 2 is 2.07 bits per heavy atom. The van der Waals surface area contributed by atoms with Crippen LogP contribution in [0.5, 0.6) is 0 Å². The molecule has 88 valence electrons. The SMILES string of the molecule is SCC1(COC2CCOC2)CCCCC1. The highest BCUT2D eigenvalue weighted by molar-refractivity contribution is 7.80. The van der Waals surface area contributed by atoms with E-state index in [1.165, 1.54) is 32.1 Å². The molecule has 2 fully saturated rings. The fourth-order valence-corrected chi connectivity index (χ4v) is 3.00. The van der Waals surface area contributed by atoms with Crippen molar-refractivity contribution >= 4 is 12.6 Å². The van der Waals surface area contributed by atoms with Gasteiger partial charge in [-0.15, -0.1) is 0 Å². The second-order valence-electron chi connectivity index (χ2n) is 5.02. The number of hydrogen-bond donors (Lipinski definition) is 1. The molecule has 1 atom stereocenters. The highest BCUT2D eigenvalue weighted by atomic mass is 32.1. The van der Waals surface area contributed by atoms with E-state index in [4.69, 9.17) is 9.47 Å². The summed E-state index contributed by atoms with van der Waals surface area (Å²) in [5, 5.41) is 0. The Hall–Kier alpha value is 0.270. The molecule has 0 N–H and O–H groups in total. The minimum atomic E-state index is 0.351. The zero-order valence-electron chi connectivity index (χ0n) is 9.41. The lowest BCUT2D eigenvalue weighted by atomic mass is 9.76. The van der Waals surface area contributed by atoms with Crippen LogP contribution in [0, 0.1) is 5.41 Å². The molecule has 15 heavy (non-hydrogen) atoms. The summed E-state index contributed by atoms with van der Waals surface area (Å²) in [5.74, 6) is 0.973. The molecule has 0 aromatic heterocycles. The summed E-state index contributed by atoms with van der Waals surface area (Å²) in [6.07, 6.45) is 8.11. The third kappa shape index (κ3) is 3.11. The van der Waals surface area contributed by atoms with E-state index >= 15 is 0 Å². The highest BCUT2D eigenvalue weighted by Gasteiger charge is 2.32. The van der Waals surface area contributed by atoms with Gasteiger partial charge in [-0.3, -0.25) is 0 Å². The first-order chi connectivity index (χ1) is 7.35. The lowest BCUT2D eigenvalue weighted by Gasteiger charge is -2.36. The summed E-state index contributed by atoms with van der Waals surface area (Å²) in [6.45, 7) is 2.56. The third-order valence-corrected chi connectivity index (χ3v) is 4.43. The maximum atomic E-state index is 5.96. The first kappa shape index (κ1) is 11.7. The van der Waals surface area contributed by atoms with Crippen molar-refractivity contribution in [3.8, 4) is 0 Å². The molecule has 0 aromatic carbocycles. The van der Waals surface area contributed by atoms with E-state index in [1.54, 1.807) is 0 Å². The van der Waals surface area contributed by atoms with Crippen LogP contribution in [-0.2, 0) is 9.47 Å². The molecule has 2 nitrogen and oxygen atoms in total. The van der Waals surface area contributed by atoms with Gasteiger partial charge in [0.15, 0.2) is 0 Å². The first-order valence-corrected chi connectivity index (χ1v) is 6.78. The predicted octanol–water partition coefficient (Wildman–Crippen LogP) is 2.67. The Labute approximate surface area is 98.1 Å². The van der Waals surface area contributed by atoms with Gasteiger partial charge in [0.1, 0.15) is 0 Å². The zero-order valence-corrected chi connectivity index (χ0v) is 10.3. The Balaban J connectivity index is 1.78. The third-order valence-electron chi connectivity index (χ3n) is 3.76. The van der Waals surface area contributed by atoms with E-state index in [2.05, 4.69) is 12.6 Å². The predicted molar refractivity (Wildman–Crippen MR) is 64.5 cm³/mol. The molecule has 3 heteroatoms. The first-order valence-electron chi connectivity index (χ1n) is 6.15. The van der Waals surface area contributed by atoms with E-state index in [-0.39, 0.29) is 0 Å². The van der Waals surface area contributed by atoms with Gasteiger partial charge in [0.25, 0.3) is 0 Å². The minimum Gasteiger partial charge on any atom is -0.379 e. The van der Waals surface area contributed by atoms with Gasteiger partial charge in [0, 0.05) is 12.0 Å². The second-order valence-corrected chi connectivity index (χ2v) is 5.33. The maximum Gasteiger partial charge on any atom is 0.0830 e. The summed E-state index contributed by atoms with van der Waals surface area (Å²) >= 11 is 4.51. The van der Waals surface area contributed by atoms with E-state index in [0.29, 0.717) is 11.5 Å². The largest absolute Gasteiger partial charge is 0.379 e. The van der Waals surface area contributed by atoms with Gasteiger partial charge < -0.3 is 9.47 Å². The van der Waals surface area contributed by atoms with Crippen molar-refractivity contribution in [3.05, 3.63) is 0 Å². The van der Waals surface area contributed by atoms with Gasteiger partial charge in [-0.1, -0.05) is 19.3 Å². The smallest absolute Gasteiger partial charge is 0.0830 e. The second kappa shape index (κ2) is 5.55. The van der Waals surface area contributed by atoms with Crippen LogP contribution < -0.4 is 0 Å². The molecule has 1 saturated carbocycles. The van der Waals surface area contributed by atoms with Crippen LogP contribution in [-0.4, -0.2) is 31.7 Å². The molecule has 0 amide bonds. The normalized spacial score (nSPS) is 30.6. The fourth-order valence-electron chi connectivity index (χ4n) is 2.59. The molecule has 0 radical (unpaired) electrons. The monoisotopic (exact) mass is 230 g/mol. The van der Waals surface area contributed by atoms with Crippen LogP contribution in [0.25, 0.3) is 0 Å². The maximum absolute atomic E-state index is 5.96. The van der Waals surface area contributed by atoms with Crippen molar-refractivity contribution in [3.63, 3.8) is 0 Å². The van der Waals surface area contributed by atoms with Gasteiger partial charge in [0.2, 0.25) is 0 Å². The van der Waals surface area contributed by atoms with Crippen molar-refractivity contribution in [1.82, 2.24) is 0 Å². The highest BCUT2D eigenvalue weighted by Crippen LogP contribution is 2.37. The number of ether oxygens (including phenoxy) is 2. The minimum absolute atomic E-state index is 0.351. The molecule has 2 rings (SSSR count).